The van der Waals surface area contributed by atoms with Crippen molar-refractivity contribution in [2.45, 2.75) is 25.4 Å². The van der Waals surface area contributed by atoms with Crippen LogP contribution in [0.1, 0.15) is 18.4 Å². The van der Waals surface area contributed by atoms with E-state index in [0.717, 1.165) is 12.3 Å². The van der Waals surface area contributed by atoms with Gasteiger partial charge in [-0.15, -0.1) is 0 Å². The van der Waals surface area contributed by atoms with Crippen molar-refractivity contribution in [3.05, 3.63) is 29.8 Å². The van der Waals surface area contributed by atoms with Crippen LogP contribution in [0.25, 0.3) is 0 Å². The third-order valence-electron chi connectivity index (χ3n) is 2.83. The molecule has 0 aromatic heterocycles. The van der Waals surface area contributed by atoms with Gasteiger partial charge in [0.15, 0.2) is 5.96 Å². The second-order valence-corrected chi connectivity index (χ2v) is 4.42. The van der Waals surface area contributed by atoms with Crippen LogP contribution in [0.3, 0.4) is 0 Å². The Balaban J connectivity index is 1.94. The van der Waals surface area contributed by atoms with Gasteiger partial charge in [0.05, 0.1) is 13.2 Å². The minimum atomic E-state index is 0.466. The van der Waals surface area contributed by atoms with E-state index >= 15 is 0 Å². The zero-order valence-corrected chi connectivity index (χ0v) is 10.4. The molecule has 0 atom stereocenters. The Morgan fingerprint density at radius 2 is 2.06 bits per heavy atom. The summed E-state index contributed by atoms with van der Waals surface area (Å²) < 4.78 is 5.12. The van der Waals surface area contributed by atoms with E-state index in [4.69, 9.17) is 10.5 Å². The molecule has 2 N–H and O–H groups in total. The second-order valence-electron chi connectivity index (χ2n) is 4.42. The Kier molecular flexibility index (Phi) is 3.52. The van der Waals surface area contributed by atoms with Gasteiger partial charge < -0.3 is 15.4 Å². The minimum Gasteiger partial charge on any atom is -0.497 e. The van der Waals surface area contributed by atoms with Gasteiger partial charge in [0.1, 0.15) is 5.75 Å². The van der Waals surface area contributed by atoms with E-state index < -0.39 is 0 Å². The fraction of sp³-hybridized carbons (Fsp3) is 0.462. The summed E-state index contributed by atoms with van der Waals surface area (Å²) in [4.78, 5) is 6.39. The van der Waals surface area contributed by atoms with Crippen LogP contribution in [-0.4, -0.2) is 31.1 Å². The quantitative estimate of drug-likeness (QED) is 0.635. The summed E-state index contributed by atoms with van der Waals surface area (Å²) in [6.07, 6.45) is 2.36. The van der Waals surface area contributed by atoms with E-state index in [1.807, 2.05) is 36.2 Å². The molecule has 4 nitrogen and oxygen atoms in total. The van der Waals surface area contributed by atoms with Crippen LogP contribution in [0.2, 0.25) is 0 Å². The Hall–Kier alpha value is -1.71. The number of rotatable bonds is 4. The Morgan fingerprint density at radius 3 is 2.59 bits per heavy atom. The average molecular weight is 233 g/mol. The number of hydrogen-bond acceptors (Lipinski definition) is 2. The summed E-state index contributed by atoms with van der Waals surface area (Å²) in [5.41, 5.74) is 7.11. The number of hydrogen-bond donors (Lipinski definition) is 1. The molecule has 0 radical (unpaired) electrons. The van der Waals surface area contributed by atoms with Crippen molar-refractivity contribution in [3.8, 4) is 5.75 Å². The third kappa shape index (κ3) is 3.37. The average Bonchev–Trinajstić information content (AvgIpc) is 3.14. The van der Waals surface area contributed by atoms with Gasteiger partial charge in [-0.25, -0.2) is 4.99 Å². The standard InChI is InChI=1S/C13H19N3O/c1-16(13(14)15-11-5-6-11)9-10-3-7-12(17-2)8-4-10/h3-4,7-8,11H,5-6,9H2,1-2H3,(H2,14,15). The maximum absolute atomic E-state index is 5.91. The van der Waals surface area contributed by atoms with Gasteiger partial charge in [-0.1, -0.05) is 12.1 Å². The van der Waals surface area contributed by atoms with Gasteiger partial charge in [-0.2, -0.15) is 0 Å². The van der Waals surface area contributed by atoms with E-state index in [1.54, 1.807) is 7.11 Å². The number of nitrogens with two attached hydrogens (primary N) is 1. The van der Waals surface area contributed by atoms with Gasteiger partial charge >= 0.3 is 0 Å². The van der Waals surface area contributed by atoms with Crippen LogP contribution in [0.4, 0.5) is 0 Å². The molecule has 1 aliphatic carbocycles. The zero-order chi connectivity index (χ0) is 12.3. The number of nitrogens with zero attached hydrogens (tertiary/aromatic N) is 2. The first-order chi connectivity index (χ1) is 8.19. The molecule has 92 valence electrons. The first kappa shape index (κ1) is 11.8. The van der Waals surface area contributed by atoms with E-state index in [9.17, 15) is 0 Å². The van der Waals surface area contributed by atoms with Crippen molar-refractivity contribution in [3.63, 3.8) is 0 Å². The molecule has 0 saturated heterocycles. The van der Waals surface area contributed by atoms with E-state index in [0.29, 0.717) is 12.0 Å². The zero-order valence-electron chi connectivity index (χ0n) is 10.4. The highest BCUT2D eigenvalue weighted by atomic mass is 16.5. The van der Waals surface area contributed by atoms with E-state index in [2.05, 4.69) is 4.99 Å². The maximum atomic E-state index is 5.91. The highest BCUT2D eigenvalue weighted by Crippen LogP contribution is 2.23. The Morgan fingerprint density at radius 1 is 1.41 bits per heavy atom. The summed E-state index contributed by atoms with van der Waals surface area (Å²) in [5.74, 6) is 1.50. The molecule has 0 unspecified atom stereocenters. The van der Waals surface area contributed by atoms with Crippen molar-refractivity contribution in [1.29, 1.82) is 0 Å². The van der Waals surface area contributed by atoms with E-state index in [-0.39, 0.29) is 0 Å². The fourth-order valence-electron chi connectivity index (χ4n) is 1.58. The number of guanidine groups is 1. The van der Waals surface area contributed by atoms with Crippen molar-refractivity contribution >= 4 is 5.96 Å². The first-order valence-electron chi connectivity index (χ1n) is 5.86. The fourth-order valence-corrected chi connectivity index (χ4v) is 1.58. The molecule has 1 aromatic rings. The number of aliphatic imine (C=N–C) groups is 1. The van der Waals surface area contributed by atoms with Crippen molar-refractivity contribution < 1.29 is 4.74 Å². The molecule has 1 saturated carbocycles. The van der Waals surface area contributed by atoms with Crippen LogP contribution in [0.5, 0.6) is 5.75 Å². The molecule has 1 aliphatic rings. The normalized spacial score (nSPS) is 15.8. The van der Waals surface area contributed by atoms with Crippen LogP contribution in [-0.2, 0) is 6.54 Å². The predicted molar refractivity (Wildman–Crippen MR) is 69.1 cm³/mol. The number of ether oxygens (including phenoxy) is 1. The smallest absolute Gasteiger partial charge is 0.191 e. The molecule has 0 aliphatic heterocycles. The molecule has 0 amide bonds. The predicted octanol–water partition coefficient (Wildman–Crippen LogP) is 1.60. The third-order valence-corrected chi connectivity index (χ3v) is 2.83. The molecule has 0 spiro atoms. The molecule has 1 aromatic carbocycles. The minimum absolute atomic E-state index is 0.466. The van der Waals surface area contributed by atoms with Crippen molar-refractivity contribution in [1.82, 2.24) is 4.90 Å². The summed E-state index contributed by atoms with van der Waals surface area (Å²) in [6.45, 7) is 0.770. The van der Waals surface area contributed by atoms with Gasteiger partial charge in [-0.3, -0.25) is 0 Å². The molecular weight excluding hydrogens is 214 g/mol. The van der Waals surface area contributed by atoms with Crippen LogP contribution in [0.15, 0.2) is 29.3 Å². The lowest BCUT2D eigenvalue weighted by molar-refractivity contribution is 0.414. The highest BCUT2D eigenvalue weighted by molar-refractivity contribution is 5.78. The molecule has 17 heavy (non-hydrogen) atoms. The van der Waals surface area contributed by atoms with Gasteiger partial charge in [0.25, 0.3) is 0 Å². The van der Waals surface area contributed by atoms with Crippen molar-refractivity contribution in [2.24, 2.45) is 10.7 Å². The number of benzene rings is 1. The summed E-state index contributed by atoms with van der Waals surface area (Å²) >= 11 is 0. The summed E-state index contributed by atoms with van der Waals surface area (Å²) in [5, 5.41) is 0. The lowest BCUT2D eigenvalue weighted by atomic mass is 10.2. The largest absolute Gasteiger partial charge is 0.497 e. The molecule has 4 heteroatoms. The van der Waals surface area contributed by atoms with Gasteiger partial charge in [0, 0.05) is 13.6 Å². The van der Waals surface area contributed by atoms with E-state index in [1.165, 1.54) is 18.4 Å². The van der Waals surface area contributed by atoms with Gasteiger partial charge in [0.2, 0.25) is 0 Å². The van der Waals surface area contributed by atoms with Crippen LogP contribution < -0.4 is 10.5 Å². The highest BCUT2D eigenvalue weighted by Gasteiger charge is 2.21. The summed E-state index contributed by atoms with van der Waals surface area (Å²) in [7, 11) is 3.63. The molecule has 0 heterocycles. The van der Waals surface area contributed by atoms with Crippen LogP contribution in [0, 0.1) is 0 Å². The maximum Gasteiger partial charge on any atom is 0.191 e. The van der Waals surface area contributed by atoms with Crippen LogP contribution >= 0.6 is 0 Å². The molecular formula is C13H19N3O. The number of methoxy groups -OCH3 is 1. The first-order valence-corrected chi connectivity index (χ1v) is 5.86. The summed E-state index contributed by atoms with van der Waals surface area (Å²) in [6, 6.07) is 8.46. The van der Waals surface area contributed by atoms with Crippen molar-refractivity contribution in [2.75, 3.05) is 14.2 Å². The lowest BCUT2D eigenvalue weighted by Crippen LogP contribution is -2.33. The monoisotopic (exact) mass is 233 g/mol. The van der Waals surface area contributed by atoms with Gasteiger partial charge in [-0.05, 0) is 30.5 Å². The molecule has 2 rings (SSSR count). The Labute approximate surface area is 102 Å². The topological polar surface area (TPSA) is 50.9 Å². The second kappa shape index (κ2) is 5.08. The lowest BCUT2D eigenvalue weighted by Gasteiger charge is -2.18. The molecule has 0 bridgehead atoms. The molecule has 1 fully saturated rings. The Bertz CT molecular complexity index is 396. The SMILES string of the molecule is COc1ccc(CN(C)C(N)=NC2CC2)cc1.